The lowest BCUT2D eigenvalue weighted by molar-refractivity contribution is 0.193. The van der Waals surface area contributed by atoms with Crippen molar-refractivity contribution >= 4 is 0 Å². The highest BCUT2D eigenvalue weighted by molar-refractivity contribution is 4.63. The van der Waals surface area contributed by atoms with Crippen LogP contribution in [0.15, 0.2) is 0 Å². The van der Waals surface area contributed by atoms with Crippen LogP contribution in [0.4, 0.5) is 0 Å². The molecule has 0 saturated carbocycles. The Morgan fingerprint density at radius 3 is 2.67 bits per heavy atom. The van der Waals surface area contributed by atoms with Crippen LogP contribution in [0, 0.1) is 0 Å². The van der Waals surface area contributed by atoms with Gasteiger partial charge in [0.2, 0.25) is 0 Å². The zero-order valence-electron chi connectivity index (χ0n) is 10.9. The Hall–Kier alpha value is -0.120. The molecule has 0 aromatic rings. The Kier molecular flexibility index (Phi) is 10.3. The fraction of sp³-hybridized carbons (Fsp3) is 1.00. The number of rotatable bonds is 10. The molecule has 0 fully saturated rings. The van der Waals surface area contributed by atoms with Gasteiger partial charge in [0, 0.05) is 32.8 Å². The summed E-state index contributed by atoms with van der Waals surface area (Å²) in [7, 11) is 3.96. The van der Waals surface area contributed by atoms with Gasteiger partial charge in [-0.3, -0.25) is 0 Å². The van der Waals surface area contributed by atoms with Crippen LogP contribution < -0.4 is 5.32 Å². The van der Waals surface area contributed by atoms with Crippen LogP contribution in [0.1, 0.15) is 33.1 Å². The molecule has 3 heteroatoms. The summed E-state index contributed by atoms with van der Waals surface area (Å²) < 4.78 is 4.99. The summed E-state index contributed by atoms with van der Waals surface area (Å²) in [5.74, 6) is 0. The fourth-order valence-electron chi connectivity index (χ4n) is 1.58. The molecule has 15 heavy (non-hydrogen) atoms. The lowest BCUT2D eigenvalue weighted by Crippen LogP contribution is -2.35. The van der Waals surface area contributed by atoms with Gasteiger partial charge in [-0.15, -0.1) is 0 Å². The Bertz CT molecular complexity index is 131. The molecule has 0 spiro atoms. The Labute approximate surface area is 95.2 Å². The van der Waals surface area contributed by atoms with Crippen LogP contribution in [-0.4, -0.2) is 51.3 Å². The minimum Gasteiger partial charge on any atom is -0.385 e. The molecule has 1 atom stereocenters. The molecule has 0 rings (SSSR count). The highest BCUT2D eigenvalue weighted by atomic mass is 16.5. The molecule has 0 bridgehead atoms. The monoisotopic (exact) mass is 216 g/mol. The van der Waals surface area contributed by atoms with Gasteiger partial charge in [0.25, 0.3) is 0 Å². The summed E-state index contributed by atoms with van der Waals surface area (Å²) in [5, 5.41) is 3.43. The van der Waals surface area contributed by atoms with Crippen molar-refractivity contribution in [2.24, 2.45) is 0 Å². The predicted octanol–water partition coefficient (Wildman–Crippen LogP) is 1.73. The maximum Gasteiger partial charge on any atom is 0.0474 e. The van der Waals surface area contributed by atoms with Crippen molar-refractivity contribution in [3.05, 3.63) is 0 Å². The summed E-state index contributed by atoms with van der Waals surface area (Å²) in [6, 6.07) is 0.704. The molecule has 0 saturated heterocycles. The van der Waals surface area contributed by atoms with E-state index in [-0.39, 0.29) is 0 Å². The lowest BCUT2D eigenvalue weighted by Gasteiger charge is -2.24. The SMILES string of the molecule is CCCC(C)N(C)CCNCCCOC. The summed E-state index contributed by atoms with van der Waals surface area (Å²) in [5.41, 5.74) is 0. The molecular formula is C12H28N2O. The van der Waals surface area contributed by atoms with E-state index in [0.717, 1.165) is 32.7 Å². The minimum absolute atomic E-state index is 0.704. The number of hydrogen-bond acceptors (Lipinski definition) is 3. The van der Waals surface area contributed by atoms with E-state index in [2.05, 4.69) is 31.1 Å². The predicted molar refractivity (Wildman–Crippen MR) is 66.4 cm³/mol. The number of ether oxygens (including phenoxy) is 1. The van der Waals surface area contributed by atoms with E-state index in [1.165, 1.54) is 12.8 Å². The first-order valence-corrected chi connectivity index (χ1v) is 6.12. The summed E-state index contributed by atoms with van der Waals surface area (Å²) in [4.78, 5) is 2.42. The molecule has 1 N–H and O–H groups in total. The molecule has 0 aliphatic carbocycles. The first kappa shape index (κ1) is 14.9. The molecule has 0 heterocycles. The van der Waals surface area contributed by atoms with Gasteiger partial charge >= 0.3 is 0 Å². The molecule has 0 radical (unpaired) electrons. The topological polar surface area (TPSA) is 24.5 Å². The number of methoxy groups -OCH3 is 1. The van der Waals surface area contributed by atoms with E-state index in [9.17, 15) is 0 Å². The van der Waals surface area contributed by atoms with Gasteiger partial charge in [-0.1, -0.05) is 13.3 Å². The van der Waals surface area contributed by atoms with Gasteiger partial charge in [0.05, 0.1) is 0 Å². The van der Waals surface area contributed by atoms with E-state index in [1.807, 2.05) is 0 Å². The number of nitrogens with zero attached hydrogens (tertiary/aromatic N) is 1. The average molecular weight is 216 g/mol. The van der Waals surface area contributed by atoms with Gasteiger partial charge in [-0.05, 0) is 33.4 Å². The molecule has 0 aliphatic rings. The normalized spacial score (nSPS) is 13.4. The van der Waals surface area contributed by atoms with Gasteiger partial charge in [-0.2, -0.15) is 0 Å². The smallest absolute Gasteiger partial charge is 0.0474 e. The number of hydrogen-bond donors (Lipinski definition) is 1. The Balaban J connectivity index is 3.26. The molecule has 92 valence electrons. The average Bonchev–Trinajstić information content (AvgIpc) is 2.23. The van der Waals surface area contributed by atoms with Crippen molar-refractivity contribution in [2.75, 3.05) is 40.4 Å². The van der Waals surface area contributed by atoms with Gasteiger partial charge in [0.15, 0.2) is 0 Å². The van der Waals surface area contributed by atoms with Gasteiger partial charge < -0.3 is 15.0 Å². The summed E-state index contributed by atoms with van der Waals surface area (Å²) in [6.45, 7) is 8.67. The molecule has 3 nitrogen and oxygen atoms in total. The van der Waals surface area contributed by atoms with Crippen molar-refractivity contribution in [3.8, 4) is 0 Å². The molecular weight excluding hydrogens is 188 g/mol. The van der Waals surface area contributed by atoms with E-state index in [1.54, 1.807) is 7.11 Å². The zero-order chi connectivity index (χ0) is 11.5. The molecule has 0 amide bonds. The largest absolute Gasteiger partial charge is 0.385 e. The highest BCUT2D eigenvalue weighted by Gasteiger charge is 2.06. The second-order valence-electron chi connectivity index (χ2n) is 4.21. The summed E-state index contributed by atoms with van der Waals surface area (Å²) >= 11 is 0. The first-order valence-electron chi connectivity index (χ1n) is 6.12. The fourth-order valence-corrected chi connectivity index (χ4v) is 1.58. The molecule has 0 aliphatic heterocycles. The van der Waals surface area contributed by atoms with Gasteiger partial charge in [0.1, 0.15) is 0 Å². The van der Waals surface area contributed by atoms with Crippen LogP contribution in [0.5, 0.6) is 0 Å². The maximum absolute atomic E-state index is 4.99. The highest BCUT2D eigenvalue weighted by Crippen LogP contribution is 2.02. The second kappa shape index (κ2) is 10.4. The number of likely N-dealkylation sites (N-methyl/N-ethyl adjacent to an activating group) is 1. The zero-order valence-corrected chi connectivity index (χ0v) is 10.9. The molecule has 0 aromatic carbocycles. The third kappa shape index (κ3) is 8.85. The van der Waals surface area contributed by atoms with Crippen LogP contribution in [0.25, 0.3) is 0 Å². The summed E-state index contributed by atoms with van der Waals surface area (Å²) in [6.07, 6.45) is 3.66. The lowest BCUT2D eigenvalue weighted by atomic mass is 10.2. The Morgan fingerprint density at radius 2 is 2.07 bits per heavy atom. The van der Waals surface area contributed by atoms with E-state index in [4.69, 9.17) is 4.74 Å². The standard InChI is InChI=1S/C12H28N2O/c1-5-7-12(2)14(3)10-9-13-8-6-11-15-4/h12-13H,5-11H2,1-4H3. The van der Waals surface area contributed by atoms with Crippen LogP contribution >= 0.6 is 0 Å². The minimum atomic E-state index is 0.704. The second-order valence-corrected chi connectivity index (χ2v) is 4.21. The quantitative estimate of drug-likeness (QED) is 0.563. The third-order valence-electron chi connectivity index (χ3n) is 2.80. The third-order valence-corrected chi connectivity index (χ3v) is 2.80. The van der Waals surface area contributed by atoms with Crippen molar-refractivity contribution in [1.29, 1.82) is 0 Å². The van der Waals surface area contributed by atoms with Crippen molar-refractivity contribution in [1.82, 2.24) is 10.2 Å². The van der Waals surface area contributed by atoms with Crippen LogP contribution in [0.3, 0.4) is 0 Å². The van der Waals surface area contributed by atoms with Crippen molar-refractivity contribution < 1.29 is 4.74 Å². The van der Waals surface area contributed by atoms with E-state index < -0.39 is 0 Å². The first-order chi connectivity index (χ1) is 7.22. The van der Waals surface area contributed by atoms with E-state index >= 15 is 0 Å². The van der Waals surface area contributed by atoms with Crippen molar-refractivity contribution in [2.45, 2.75) is 39.2 Å². The number of nitrogens with one attached hydrogen (secondary N) is 1. The van der Waals surface area contributed by atoms with Crippen LogP contribution in [0.2, 0.25) is 0 Å². The molecule has 1 unspecified atom stereocenters. The van der Waals surface area contributed by atoms with Crippen molar-refractivity contribution in [3.63, 3.8) is 0 Å². The Morgan fingerprint density at radius 1 is 1.33 bits per heavy atom. The molecule has 0 aromatic heterocycles. The van der Waals surface area contributed by atoms with Crippen LogP contribution in [-0.2, 0) is 4.74 Å². The maximum atomic E-state index is 4.99. The van der Waals surface area contributed by atoms with E-state index in [0.29, 0.717) is 6.04 Å². The van der Waals surface area contributed by atoms with Gasteiger partial charge in [-0.25, -0.2) is 0 Å².